The first-order valence-electron chi connectivity index (χ1n) is 7.68. The summed E-state index contributed by atoms with van der Waals surface area (Å²) in [5.74, 6) is 2.85. The molecule has 0 aliphatic heterocycles. The minimum Gasteiger partial charge on any atom is -0.494 e. The number of furan rings is 1. The number of rotatable bonds is 7. The molecule has 3 heteroatoms. The fraction of sp³-hybridized carbons (Fsp3) is 0.444. The quantitative estimate of drug-likeness (QED) is 0.820. The van der Waals surface area contributed by atoms with E-state index >= 15 is 0 Å². The number of benzene rings is 1. The van der Waals surface area contributed by atoms with E-state index in [-0.39, 0.29) is 6.04 Å². The van der Waals surface area contributed by atoms with Gasteiger partial charge in [-0.25, -0.2) is 0 Å². The molecule has 0 spiro atoms. The Kier molecular flexibility index (Phi) is 5.45. The number of hydrogen-bond donors (Lipinski definition) is 1. The molecule has 0 aliphatic carbocycles. The van der Waals surface area contributed by atoms with Crippen LogP contribution in [0.25, 0.3) is 0 Å². The van der Waals surface area contributed by atoms with Gasteiger partial charge in [-0.15, -0.1) is 0 Å². The van der Waals surface area contributed by atoms with Crippen molar-refractivity contribution in [2.75, 3.05) is 13.2 Å². The summed E-state index contributed by atoms with van der Waals surface area (Å²) in [7, 11) is 0. The van der Waals surface area contributed by atoms with Crippen molar-refractivity contribution in [1.29, 1.82) is 0 Å². The standard InChI is InChI=1S/C18H25NO2/c1-5-11-19-18(17-12-13(3)21-14(17)4)15-7-9-16(10-8-15)20-6-2/h7-10,12,18-19H,5-6,11H2,1-4H3. The molecule has 0 fully saturated rings. The summed E-state index contributed by atoms with van der Waals surface area (Å²) in [6, 6.07) is 10.6. The molecule has 0 aliphatic rings. The average Bonchev–Trinajstić information content (AvgIpc) is 2.80. The van der Waals surface area contributed by atoms with Gasteiger partial charge >= 0.3 is 0 Å². The van der Waals surface area contributed by atoms with Crippen LogP contribution >= 0.6 is 0 Å². The molecule has 0 bridgehead atoms. The number of aryl methyl sites for hydroxylation is 2. The molecule has 114 valence electrons. The molecule has 2 rings (SSSR count). The van der Waals surface area contributed by atoms with E-state index in [9.17, 15) is 0 Å². The van der Waals surface area contributed by atoms with Crippen LogP contribution in [-0.2, 0) is 0 Å². The van der Waals surface area contributed by atoms with Crippen LogP contribution in [0.4, 0.5) is 0 Å². The predicted molar refractivity (Wildman–Crippen MR) is 85.9 cm³/mol. The zero-order valence-electron chi connectivity index (χ0n) is 13.4. The highest BCUT2D eigenvalue weighted by molar-refractivity contribution is 5.37. The highest BCUT2D eigenvalue weighted by atomic mass is 16.5. The first kappa shape index (κ1) is 15.6. The predicted octanol–water partition coefficient (Wildman–Crippen LogP) is 4.38. The molecular formula is C18H25NO2. The van der Waals surface area contributed by atoms with Crippen LogP contribution in [-0.4, -0.2) is 13.2 Å². The van der Waals surface area contributed by atoms with Crippen molar-refractivity contribution in [2.45, 2.75) is 40.2 Å². The van der Waals surface area contributed by atoms with Gasteiger partial charge in [-0.05, 0) is 57.5 Å². The van der Waals surface area contributed by atoms with Gasteiger partial charge in [-0.1, -0.05) is 19.1 Å². The summed E-state index contributed by atoms with van der Waals surface area (Å²) in [5.41, 5.74) is 2.45. The van der Waals surface area contributed by atoms with Crippen LogP contribution in [0.3, 0.4) is 0 Å². The molecule has 1 aromatic carbocycles. The zero-order chi connectivity index (χ0) is 15.2. The molecule has 0 radical (unpaired) electrons. The second-order valence-corrected chi connectivity index (χ2v) is 5.26. The van der Waals surface area contributed by atoms with E-state index in [4.69, 9.17) is 9.15 Å². The minimum atomic E-state index is 0.165. The third-order valence-corrected chi connectivity index (χ3v) is 3.51. The Labute approximate surface area is 127 Å². The maximum atomic E-state index is 5.69. The Morgan fingerprint density at radius 2 is 1.86 bits per heavy atom. The lowest BCUT2D eigenvalue weighted by molar-refractivity contribution is 0.340. The lowest BCUT2D eigenvalue weighted by atomic mass is 9.98. The molecule has 1 heterocycles. The van der Waals surface area contributed by atoms with Crippen LogP contribution < -0.4 is 10.1 Å². The van der Waals surface area contributed by atoms with Crippen molar-refractivity contribution >= 4 is 0 Å². The summed E-state index contributed by atoms with van der Waals surface area (Å²) < 4.78 is 11.2. The maximum Gasteiger partial charge on any atom is 0.119 e. The number of nitrogens with one attached hydrogen (secondary N) is 1. The molecule has 0 amide bonds. The minimum absolute atomic E-state index is 0.165. The average molecular weight is 287 g/mol. The van der Waals surface area contributed by atoms with Crippen LogP contribution in [0, 0.1) is 13.8 Å². The van der Waals surface area contributed by atoms with Crippen molar-refractivity contribution < 1.29 is 9.15 Å². The molecule has 0 saturated heterocycles. The molecule has 3 nitrogen and oxygen atoms in total. The van der Waals surface area contributed by atoms with Gasteiger partial charge in [0.15, 0.2) is 0 Å². The van der Waals surface area contributed by atoms with E-state index in [0.717, 1.165) is 30.2 Å². The van der Waals surface area contributed by atoms with Gasteiger partial charge < -0.3 is 14.5 Å². The van der Waals surface area contributed by atoms with E-state index in [1.54, 1.807) is 0 Å². The van der Waals surface area contributed by atoms with Gasteiger partial charge in [0.1, 0.15) is 17.3 Å². The molecule has 21 heavy (non-hydrogen) atoms. The molecule has 2 aromatic rings. The largest absolute Gasteiger partial charge is 0.494 e. The third-order valence-electron chi connectivity index (χ3n) is 3.51. The Balaban J connectivity index is 2.28. The zero-order valence-corrected chi connectivity index (χ0v) is 13.4. The smallest absolute Gasteiger partial charge is 0.119 e. The second-order valence-electron chi connectivity index (χ2n) is 5.26. The van der Waals surface area contributed by atoms with Gasteiger partial charge in [0, 0.05) is 5.56 Å². The molecule has 0 saturated carbocycles. The Bertz CT molecular complexity index is 557. The van der Waals surface area contributed by atoms with Gasteiger partial charge in [-0.3, -0.25) is 0 Å². The van der Waals surface area contributed by atoms with Crippen molar-refractivity contribution in [3.63, 3.8) is 0 Å². The van der Waals surface area contributed by atoms with E-state index in [0.29, 0.717) is 6.61 Å². The van der Waals surface area contributed by atoms with Gasteiger partial charge in [0.25, 0.3) is 0 Å². The van der Waals surface area contributed by atoms with E-state index in [1.807, 2.05) is 32.9 Å². The number of ether oxygens (including phenoxy) is 1. The Morgan fingerprint density at radius 3 is 2.38 bits per heavy atom. The van der Waals surface area contributed by atoms with Crippen LogP contribution in [0.5, 0.6) is 5.75 Å². The van der Waals surface area contributed by atoms with Crippen molar-refractivity contribution in [3.05, 3.63) is 53.0 Å². The second kappa shape index (κ2) is 7.32. The monoisotopic (exact) mass is 287 g/mol. The highest BCUT2D eigenvalue weighted by Gasteiger charge is 2.18. The normalized spacial score (nSPS) is 12.4. The van der Waals surface area contributed by atoms with E-state index < -0.39 is 0 Å². The third kappa shape index (κ3) is 3.88. The first-order valence-corrected chi connectivity index (χ1v) is 7.68. The fourth-order valence-electron chi connectivity index (χ4n) is 2.56. The summed E-state index contributed by atoms with van der Waals surface area (Å²) in [4.78, 5) is 0. The van der Waals surface area contributed by atoms with Gasteiger partial charge in [-0.2, -0.15) is 0 Å². The number of hydrogen-bond acceptors (Lipinski definition) is 3. The Morgan fingerprint density at radius 1 is 1.14 bits per heavy atom. The molecule has 1 unspecified atom stereocenters. The maximum absolute atomic E-state index is 5.69. The summed E-state index contributed by atoms with van der Waals surface area (Å²) in [5, 5.41) is 3.61. The molecule has 1 N–H and O–H groups in total. The van der Waals surface area contributed by atoms with Crippen molar-refractivity contribution in [3.8, 4) is 5.75 Å². The summed E-state index contributed by atoms with van der Waals surface area (Å²) in [6.07, 6.45) is 1.10. The lowest BCUT2D eigenvalue weighted by Crippen LogP contribution is -2.23. The van der Waals surface area contributed by atoms with Gasteiger partial charge in [0.2, 0.25) is 0 Å². The molecule has 1 atom stereocenters. The van der Waals surface area contributed by atoms with E-state index in [1.165, 1.54) is 11.1 Å². The Hall–Kier alpha value is -1.74. The summed E-state index contributed by atoms with van der Waals surface area (Å²) >= 11 is 0. The van der Waals surface area contributed by atoms with Crippen LogP contribution in [0.15, 0.2) is 34.7 Å². The lowest BCUT2D eigenvalue weighted by Gasteiger charge is -2.19. The van der Waals surface area contributed by atoms with Crippen LogP contribution in [0.1, 0.15) is 49.0 Å². The van der Waals surface area contributed by atoms with Crippen LogP contribution in [0.2, 0.25) is 0 Å². The molecular weight excluding hydrogens is 262 g/mol. The topological polar surface area (TPSA) is 34.4 Å². The molecule has 1 aromatic heterocycles. The van der Waals surface area contributed by atoms with Crippen molar-refractivity contribution in [2.24, 2.45) is 0 Å². The SMILES string of the molecule is CCCNC(c1ccc(OCC)cc1)c1cc(C)oc1C. The highest BCUT2D eigenvalue weighted by Crippen LogP contribution is 2.28. The van der Waals surface area contributed by atoms with E-state index in [2.05, 4.69) is 30.4 Å². The fourth-order valence-corrected chi connectivity index (χ4v) is 2.56. The first-order chi connectivity index (χ1) is 10.2. The summed E-state index contributed by atoms with van der Waals surface area (Å²) in [6.45, 7) is 9.86. The van der Waals surface area contributed by atoms with Gasteiger partial charge in [0.05, 0.1) is 12.6 Å². The van der Waals surface area contributed by atoms with Crippen molar-refractivity contribution in [1.82, 2.24) is 5.32 Å².